The van der Waals surface area contributed by atoms with Crippen molar-refractivity contribution in [2.24, 2.45) is 5.92 Å². The molecule has 16 heavy (non-hydrogen) atoms. The molecule has 2 rings (SSSR count). The summed E-state index contributed by atoms with van der Waals surface area (Å²) >= 11 is 0. The molecule has 0 radical (unpaired) electrons. The first-order chi connectivity index (χ1) is 7.74. The highest BCUT2D eigenvalue weighted by atomic mass is 16.3. The van der Waals surface area contributed by atoms with Gasteiger partial charge in [0.1, 0.15) is 0 Å². The van der Waals surface area contributed by atoms with Crippen molar-refractivity contribution in [3.8, 4) is 0 Å². The highest BCUT2D eigenvalue weighted by molar-refractivity contribution is 4.80. The van der Waals surface area contributed by atoms with E-state index in [-0.39, 0.29) is 6.10 Å². The molecule has 2 fully saturated rings. The van der Waals surface area contributed by atoms with Crippen LogP contribution in [0.2, 0.25) is 0 Å². The molecule has 0 bridgehead atoms. The van der Waals surface area contributed by atoms with Crippen molar-refractivity contribution >= 4 is 0 Å². The summed E-state index contributed by atoms with van der Waals surface area (Å²) in [5, 5.41) is 9.23. The van der Waals surface area contributed by atoms with Gasteiger partial charge in [0.05, 0.1) is 6.10 Å². The zero-order valence-electron chi connectivity index (χ0n) is 10.6. The molecule has 0 aromatic heterocycles. The van der Waals surface area contributed by atoms with Gasteiger partial charge in [0.25, 0.3) is 0 Å². The number of hydrogen-bond donors (Lipinski definition) is 1. The Kier molecular flexibility index (Phi) is 4.62. The molecule has 2 aliphatic rings. The molecule has 0 amide bonds. The van der Waals surface area contributed by atoms with Crippen molar-refractivity contribution in [3.63, 3.8) is 0 Å². The summed E-state index contributed by atoms with van der Waals surface area (Å²) in [5.74, 6) is 0.756. The molecule has 0 unspecified atom stereocenters. The summed E-state index contributed by atoms with van der Waals surface area (Å²) in [4.78, 5) is 5.02. The second-order valence-corrected chi connectivity index (χ2v) is 5.66. The molecular formula is C13H26N2O. The summed E-state index contributed by atoms with van der Waals surface area (Å²) in [6.07, 6.45) is 6.15. The minimum atomic E-state index is 0.00278. The zero-order valence-corrected chi connectivity index (χ0v) is 10.6. The van der Waals surface area contributed by atoms with Crippen LogP contribution in [0.5, 0.6) is 0 Å². The van der Waals surface area contributed by atoms with Gasteiger partial charge in [0.15, 0.2) is 0 Å². The first-order valence-electron chi connectivity index (χ1n) is 6.83. The molecule has 3 heteroatoms. The number of likely N-dealkylation sites (tertiary alicyclic amines) is 1. The van der Waals surface area contributed by atoms with Crippen LogP contribution in [0.4, 0.5) is 0 Å². The third-order valence-corrected chi connectivity index (χ3v) is 3.99. The molecular weight excluding hydrogens is 200 g/mol. The molecule has 94 valence electrons. The maximum atomic E-state index is 9.23. The van der Waals surface area contributed by atoms with Crippen LogP contribution in [0.1, 0.15) is 32.1 Å². The van der Waals surface area contributed by atoms with Gasteiger partial charge in [0, 0.05) is 6.54 Å². The smallest absolute Gasteiger partial charge is 0.0546 e. The first-order valence-corrected chi connectivity index (χ1v) is 6.83. The first kappa shape index (κ1) is 12.3. The fraction of sp³-hybridized carbons (Fsp3) is 1.00. The molecule has 3 nitrogen and oxygen atoms in total. The molecule has 0 atom stereocenters. The van der Waals surface area contributed by atoms with E-state index in [1.807, 2.05) is 0 Å². The highest BCUT2D eigenvalue weighted by Crippen LogP contribution is 2.27. The van der Waals surface area contributed by atoms with E-state index in [2.05, 4.69) is 16.8 Å². The van der Waals surface area contributed by atoms with Crippen LogP contribution in [-0.2, 0) is 0 Å². The molecule has 0 spiro atoms. The number of nitrogens with zero attached hydrogens (tertiary/aromatic N) is 2. The largest absolute Gasteiger partial charge is 0.393 e. The summed E-state index contributed by atoms with van der Waals surface area (Å²) in [6, 6.07) is 0. The lowest BCUT2D eigenvalue weighted by Gasteiger charge is -2.34. The van der Waals surface area contributed by atoms with E-state index in [1.165, 1.54) is 52.0 Å². The van der Waals surface area contributed by atoms with Gasteiger partial charge in [-0.1, -0.05) is 0 Å². The van der Waals surface area contributed by atoms with E-state index < -0.39 is 0 Å². The Morgan fingerprint density at radius 1 is 1.25 bits per heavy atom. The van der Waals surface area contributed by atoms with Crippen LogP contribution in [0.15, 0.2) is 0 Å². The van der Waals surface area contributed by atoms with Crippen LogP contribution >= 0.6 is 0 Å². The van der Waals surface area contributed by atoms with E-state index in [4.69, 9.17) is 0 Å². The number of aliphatic hydroxyl groups excluding tert-OH is 1. The SMILES string of the molecule is CN(CCCN1CCCC1)CC1CC(O)C1. The Morgan fingerprint density at radius 3 is 2.56 bits per heavy atom. The lowest BCUT2D eigenvalue weighted by molar-refractivity contribution is 0.0280. The average molecular weight is 226 g/mol. The van der Waals surface area contributed by atoms with Gasteiger partial charge in [-0.05, 0) is 71.2 Å². The van der Waals surface area contributed by atoms with Crippen molar-refractivity contribution in [3.05, 3.63) is 0 Å². The summed E-state index contributed by atoms with van der Waals surface area (Å²) in [7, 11) is 2.22. The Labute approximate surface area is 99.4 Å². The van der Waals surface area contributed by atoms with Crippen LogP contribution in [0.3, 0.4) is 0 Å². The van der Waals surface area contributed by atoms with Crippen molar-refractivity contribution in [2.75, 3.05) is 39.8 Å². The van der Waals surface area contributed by atoms with Crippen LogP contribution in [0, 0.1) is 5.92 Å². The molecule has 1 aliphatic carbocycles. The normalized spacial score (nSPS) is 30.9. The molecule has 0 aromatic carbocycles. The summed E-state index contributed by atoms with van der Waals surface area (Å²) in [5.41, 5.74) is 0. The Bertz CT molecular complexity index is 198. The summed E-state index contributed by atoms with van der Waals surface area (Å²) in [6.45, 7) is 6.30. The quantitative estimate of drug-likeness (QED) is 0.736. The monoisotopic (exact) mass is 226 g/mol. The Hall–Kier alpha value is -0.120. The van der Waals surface area contributed by atoms with E-state index >= 15 is 0 Å². The fourth-order valence-corrected chi connectivity index (χ4v) is 2.95. The maximum Gasteiger partial charge on any atom is 0.0546 e. The minimum absolute atomic E-state index is 0.00278. The van der Waals surface area contributed by atoms with Gasteiger partial charge in [-0.2, -0.15) is 0 Å². The predicted molar refractivity (Wildman–Crippen MR) is 66.5 cm³/mol. The van der Waals surface area contributed by atoms with E-state index in [1.54, 1.807) is 0 Å². The third kappa shape index (κ3) is 3.72. The number of hydrogen-bond acceptors (Lipinski definition) is 3. The number of aliphatic hydroxyl groups is 1. The van der Waals surface area contributed by atoms with Gasteiger partial charge < -0.3 is 14.9 Å². The second-order valence-electron chi connectivity index (χ2n) is 5.66. The lowest BCUT2D eigenvalue weighted by Crippen LogP contribution is -2.38. The van der Waals surface area contributed by atoms with E-state index in [0.717, 1.165) is 18.8 Å². The second kappa shape index (κ2) is 5.99. The highest BCUT2D eigenvalue weighted by Gasteiger charge is 2.27. The van der Waals surface area contributed by atoms with Crippen molar-refractivity contribution in [2.45, 2.75) is 38.2 Å². The average Bonchev–Trinajstić information content (AvgIpc) is 2.68. The lowest BCUT2D eigenvalue weighted by atomic mass is 9.82. The molecule has 1 saturated carbocycles. The standard InChI is InChI=1S/C13H26N2O/c1-14(11-12-9-13(16)10-12)5-4-8-15-6-2-3-7-15/h12-13,16H,2-11H2,1H3. The molecule has 1 saturated heterocycles. The molecule has 0 aromatic rings. The predicted octanol–water partition coefficient (Wildman–Crippen LogP) is 1.17. The van der Waals surface area contributed by atoms with E-state index in [9.17, 15) is 5.11 Å². The van der Waals surface area contributed by atoms with Crippen molar-refractivity contribution < 1.29 is 5.11 Å². The van der Waals surface area contributed by atoms with Crippen LogP contribution in [-0.4, -0.2) is 60.8 Å². The van der Waals surface area contributed by atoms with Gasteiger partial charge in [0.2, 0.25) is 0 Å². The van der Waals surface area contributed by atoms with Gasteiger partial charge >= 0.3 is 0 Å². The Morgan fingerprint density at radius 2 is 1.94 bits per heavy atom. The zero-order chi connectivity index (χ0) is 11.4. The molecule has 1 aliphatic heterocycles. The van der Waals surface area contributed by atoms with E-state index in [0.29, 0.717) is 0 Å². The van der Waals surface area contributed by atoms with Crippen LogP contribution in [0.25, 0.3) is 0 Å². The Balaban J connectivity index is 1.48. The van der Waals surface area contributed by atoms with Gasteiger partial charge in [-0.15, -0.1) is 0 Å². The maximum absolute atomic E-state index is 9.23. The summed E-state index contributed by atoms with van der Waals surface area (Å²) < 4.78 is 0. The molecule has 1 heterocycles. The number of rotatable bonds is 6. The fourth-order valence-electron chi connectivity index (χ4n) is 2.95. The van der Waals surface area contributed by atoms with Crippen LogP contribution < -0.4 is 0 Å². The molecule has 1 N–H and O–H groups in total. The third-order valence-electron chi connectivity index (χ3n) is 3.99. The topological polar surface area (TPSA) is 26.7 Å². The minimum Gasteiger partial charge on any atom is -0.393 e. The van der Waals surface area contributed by atoms with Crippen molar-refractivity contribution in [1.82, 2.24) is 9.80 Å². The van der Waals surface area contributed by atoms with Gasteiger partial charge in [-0.25, -0.2) is 0 Å². The van der Waals surface area contributed by atoms with Gasteiger partial charge in [-0.3, -0.25) is 0 Å². The van der Waals surface area contributed by atoms with Crippen molar-refractivity contribution in [1.29, 1.82) is 0 Å².